The number of carbonyl (C=O) groups is 1. The molecule has 0 saturated carbocycles. The van der Waals surface area contributed by atoms with Gasteiger partial charge in [-0.3, -0.25) is 14.6 Å². The third-order valence-electron chi connectivity index (χ3n) is 6.30. The van der Waals surface area contributed by atoms with Crippen molar-refractivity contribution < 1.29 is 19.4 Å². The van der Waals surface area contributed by atoms with Gasteiger partial charge >= 0.3 is 5.97 Å². The first-order valence-corrected chi connectivity index (χ1v) is 9.43. The predicted molar refractivity (Wildman–Crippen MR) is 97.7 cm³/mol. The van der Waals surface area contributed by atoms with E-state index in [1.165, 1.54) is 0 Å². The number of carboxylic acid groups (broad SMARTS) is 1. The van der Waals surface area contributed by atoms with Crippen molar-refractivity contribution in [3.05, 3.63) is 29.8 Å². The monoisotopic (exact) mass is 360 g/mol. The molecule has 0 aromatic heterocycles. The van der Waals surface area contributed by atoms with Crippen LogP contribution in [0.5, 0.6) is 5.75 Å². The normalized spacial score (nSPS) is 29.7. The van der Waals surface area contributed by atoms with Gasteiger partial charge in [0.2, 0.25) is 0 Å². The Labute approximate surface area is 154 Å². The summed E-state index contributed by atoms with van der Waals surface area (Å²) in [4.78, 5) is 17.0. The Bertz CT molecular complexity index is 686. The van der Waals surface area contributed by atoms with Crippen LogP contribution in [0.25, 0.3) is 0 Å². The first-order chi connectivity index (χ1) is 12.4. The fourth-order valence-corrected chi connectivity index (χ4v) is 4.87. The lowest BCUT2D eigenvalue weighted by molar-refractivity contribution is -0.152. The third kappa shape index (κ3) is 2.90. The maximum Gasteiger partial charge on any atom is 0.315 e. The van der Waals surface area contributed by atoms with Crippen LogP contribution in [0.15, 0.2) is 24.3 Å². The van der Waals surface area contributed by atoms with Crippen LogP contribution in [0.4, 0.5) is 0 Å². The predicted octanol–water partition coefficient (Wildman–Crippen LogP) is 1.66. The number of nitrogens with zero attached hydrogens (tertiary/aromatic N) is 2. The van der Waals surface area contributed by atoms with E-state index in [4.69, 9.17) is 9.47 Å². The van der Waals surface area contributed by atoms with E-state index in [0.29, 0.717) is 6.54 Å². The molecule has 0 aliphatic carbocycles. The second-order valence-corrected chi connectivity index (χ2v) is 8.42. The molecule has 3 heterocycles. The first kappa shape index (κ1) is 17.8. The maximum atomic E-state index is 12.2. The average molecular weight is 360 g/mol. The zero-order chi connectivity index (χ0) is 18.4. The smallest absolute Gasteiger partial charge is 0.315 e. The standard InChI is InChI=1S/C20H28N2O4/c1-19(2,22-7-9-25-10-8-22)12-21-11-16-15-5-3-4-6-17(15)26-14-20(16,13-21)18(23)24/h3-6,16H,7-14H2,1-2H3,(H,23,24)/t16-,20-/m0/s1. The molecular weight excluding hydrogens is 332 g/mol. The summed E-state index contributed by atoms with van der Waals surface area (Å²) in [6.07, 6.45) is 0. The number of benzene rings is 1. The van der Waals surface area contributed by atoms with E-state index in [-0.39, 0.29) is 18.1 Å². The molecular formula is C20H28N2O4. The number of likely N-dealkylation sites (tertiary alicyclic amines) is 1. The van der Waals surface area contributed by atoms with Gasteiger partial charge in [0.1, 0.15) is 17.8 Å². The Hall–Kier alpha value is -1.63. The van der Waals surface area contributed by atoms with Crippen molar-refractivity contribution in [2.45, 2.75) is 25.3 Å². The van der Waals surface area contributed by atoms with Gasteiger partial charge in [-0.05, 0) is 25.5 Å². The minimum atomic E-state index is -0.852. The lowest BCUT2D eigenvalue weighted by Gasteiger charge is -2.43. The fourth-order valence-electron chi connectivity index (χ4n) is 4.87. The van der Waals surface area contributed by atoms with E-state index in [2.05, 4.69) is 23.6 Å². The van der Waals surface area contributed by atoms with Crippen LogP contribution >= 0.6 is 0 Å². The summed E-state index contributed by atoms with van der Waals surface area (Å²) in [6.45, 7) is 10.3. The summed E-state index contributed by atoms with van der Waals surface area (Å²) in [7, 11) is 0. The number of para-hydroxylation sites is 1. The molecule has 0 amide bonds. The fraction of sp³-hybridized carbons (Fsp3) is 0.650. The summed E-state index contributed by atoms with van der Waals surface area (Å²) < 4.78 is 11.3. The Morgan fingerprint density at radius 1 is 1.31 bits per heavy atom. The number of aliphatic carboxylic acids is 1. The molecule has 0 spiro atoms. The number of rotatable bonds is 4. The third-order valence-corrected chi connectivity index (χ3v) is 6.30. The van der Waals surface area contributed by atoms with Gasteiger partial charge in [0.25, 0.3) is 0 Å². The molecule has 6 nitrogen and oxygen atoms in total. The summed E-state index contributed by atoms with van der Waals surface area (Å²) in [5.74, 6) is 0.0674. The molecule has 142 valence electrons. The molecule has 3 aliphatic heterocycles. The topological polar surface area (TPSA) is 62.2 Å². The van der Waals surface area contributed by atoms with Crippen molar-refractivity contribution in [2.75, 3.05) is 52.5 Å². The van der Waals surface area contributed by atoms with Crippen LogP contribution < -0.4 is 4.74 Å². The van der Waals surface area contributed by atoms with Crippen molar-refractivity contribution in [1.29, 1.82) is 0 Å². The largest absolute Gasteiger partial charge is 0.492 e. The SMILES string of the molecule is CC(C)(CN1C[C@H]2c3ccccc3OC[C@@]2(C(=O)O)C1)N1CCOCC1. The van der Waals surface area contributed by atoms with Crippen LogP contribution in [0, 0.1) is 5.41 Å². The maximum absolute atomic E-state index is 12.2. The highest BCUT2D eigenvalue weighted by atomic mass is 16.5. The number of hydrogen-bond donors (Lipinski definition) is 1. The minimum absolute atomic E-state index is 0.0165. The minimum Gasteiger partial charge on any atom is -0.492 e. The summed E-state index contributed by atoms with van der Waals surface area (Å²) in [5.41, 5.74) is 0.167. The van der Waals surface area contributed by atoms with E-state index in [1.807, 2.05) is 24.3 Å². The van der Waals surface area contributed by atoms with Crippen molar-refractivity contribution in [2.24, 2.45) is 5.41 Å². The molecule has 1 aromatic carbocycles. The van der Waals surface area contributed by atoms with Gasteiger partial charge in [0.15, 0.2) is 0 Å². The zero-order valence-electron chi connectivity index (χ0n) is 15.6. The quantitative estimate of drug-likeness (QED) is 0.881. The molecule has 2 saturated heterocycles. The first-order valence-electron chi connectivity index (χ1n) is 9.43. The molecule has 4 rings (SSSR count). The highest BCUT2D eigenvalue weighted by Gasteiger charge is 2.57. The Balaban J connectivity index is 1.57. The van der Waals surface area contributed by atoms with Crippen molar-refractivity contribution in [1.82, 2.24) is 9.80 Å². The van der Waals surface area contributed by atoms with Crippen LogP contribution in [0.3, 0.4) is 0 Å². The van der Waals surface area contributed by atoms with E-state index >= 15 is 0 Å². The molecule has 0 bridgehead atoms. The second-order valence-electron chi connectivity index (χ2n) is 8.42. The van der Waals surface area contributed by atoms with Crippen molar-refractivity contribution >= 4 is 5.97 Å². The van der Waals surface area contributed by atoms with Gasteiger partial charge in [-0.15, -0.1) is 0 Å². The zero-order valence-corrected chi connectivity index (χ0v) is 15.6. The van der Waals surface area contributed by atoms with E-state index in [9.17, 15) is 9.90 Å². The Morgan fingerprint density at radius 3 is 2.77 bits per heavy atom. The molecule has 6 heteroatoms. The second kappa shape index (κ2) is 6.51. The van der Waals surface area contributed by atoms with Gasteiger partial charge in [-0.1, -0.05) is 18.2 Å². The summed E-state index contributed by atoms with van der Waals surface area (Å²) >= 11 is 0. The molecule has 3 aliphatic rings. The Morgan fingerprint density at radius 2 is 2.04 bits per heavy atom. The van der Waals surface area contributed by atoms with Crippen molar-refractivity contribution in [3.63, 3.8) is 0 Å². The molecule has 0 radical (unpaired) electrons. The number of hydrogen-bond acceptors (Lipinski definition) is 5. The van der Waals surface area contributed by atoms with Crippen molar-refractivity contribution in [3.8, 4) is 5.75 Å². The molecule has 1 aromatic rings. The molecule has 1 N–H and O–H groups in total. The van der Waals surface area contributed by atoms with Gasteiger partial charge in [-0.2, -0.15) is 0 Å². The van der Waals surface area contributed by atoms with E-state index in [0.717, 1.165) is 50.7 Å². The molecule has 2 atom stereocenters. The number of ether oxygens (including phenoxy) is 2. The lowest BCUT2D eigenvalue weighted by Crippen LogP contribution is -2.55. The van der Waals surface area contributed by atoms with Gasteiger partial charge in [0.05, 0.1) is 13.2 Å². The van der Waals surface area contributed by atoms with Crippen LogP contribution in [0.2, 0.25) is 0 Å². The van der Waals surface area contributed by atoms with E-state index < -0.39 is 11.4 Å². The average Bonchev–Trinajstić information content (AvgIpc) is 3.02. The highest BCUT2D eigenvalue weighted by molar-refractivity contribution is 5.78. The Kier molecular flexibility index (Phi) is 4.45. The molecule has 0 unspecified atom stereocenters. The van der Waals surface area contributed by atoms with Crippen LogP contribution in [-0.2, 0) is 9.53 Å². The van der Waals surface area contributed by atoms with E-state index in [1.54, 1.807) is 0 Å². The van der Waals surface area contributed by atoms with Crippen LogP contribution in [0.1, 0.15) is 25.3 Å². The van der Waals surface area contributed by atoms with Gasteiger partial charge < -0.3 is 14.6 Å². The number of carboxylic acids is 1. The number of morpholine rings is 1. The summed E-state index contributed by atoms with van der Waals surface area (Å²) in [5, 5.41) is 10.1. The van der Waals surface area contributed by atoms with Gasteiger partial charge in [0, 0.05) is 44.2 Å². The van der Waals surface area contributed by atoms with Crippen LogP contribution in [-0.4, -0.2) is 79.0 Å². The highest BCUT2D eigenvalue weighted by Crippen LogP contribution is 2.50. The number of fused-ring (bicyclic) bond motifs is 3. The molecule has 2 fully saturated rings. The molecule has 26 heavy (non-hydrogen) atoms. The summed E-state index contributed by atoms with van der Waals surface area (Å²) in [6, 6.07) is 7.89. The van der Waals surface area contributed by atoms with Gasteiger partial charge in [-0.25, -0.2) is 0 Å². The lowest BCUT2D eigenvalue weighted by atomic mass is 9.73.